The maximum atomic E-state index is 13.4. The molecule has 1 saturated heterocycles. The zero-order valence-electron chi connectivity index (χ0n) is 18.4. The van der Waals surface area contributed by atoms with Crippen LogP contribution < -0.4 is 15.4 Å². The monoisotopic (exact) mass is 514 g/mol. The predicted octanol–water partition coefficient (Wildman–Crippen LogP) is 3.23. The number of aromatic nitrogens is 1. The topological polar surface area (TPSA) is 121 Å². The molecule has 2 heterocycles. The van der Waals surface area contributed by atoms with Crippen LogP contribution in [0.4, 0.5) is 23.2 Å². The van der Waals surface area contributed by atoms with Gasteiger partial charge in [0.15, 0.2) is 9.84 Å². The first-order valence-corrected chi connectivity index (χ1v) is 12.4. The van der Waals surface area contributed by atoms with Gasteiger partial charge in [0.1, 0.15) is 11.4 Å². The van der Waals surface area contributed by atoms with Gasteiger partial charge in [-0.25, -0.2) is 17.2 Å². The number of benzene rings is 1. The number of hydrogen-bond acceptors (Lipinski definition) is 7. The zero-order valence-corrected chi connectivity index (χ0v) is 19.3. The molecule has 1 aliphatic carbocycles. The van der Waals surface area contributed by atoms with Crippen LogP contribution in [0.1, 0.15) is 41.4 Å². The average Bonchev–Trinajstić information content (AvgIpc) is 2.70. The maximum Gasteiger partial charge on any atom is 0.387 e. The third-order valence-electron chi connectivity index (χ3n) is 5.68. The Morgan fingerprint density at radius 1 is 1.20 bits per heavy atom. The smallest absolute Gasteiger partial charge is 0.387 e. The number of anilines is 1. The number of carbonyl (C=O) groups excluding carboxylic acids is 1. The third kappa shape index (κ3) is 5.72. The lowest BCUT2D eigenvalue weighted by Crippen LogP contribution is -2.63. The number of ether oxygens (including phenoxy) is 1. The molecule has 0 spiro atoms. The summed E-state index contributed by atoms with van der Waals surface area (Å²) in [5.74, 6) is -4.01. The van der Waals surface area contributed by atoms with Crippen LogP contribution in [-0.4, -0.2) is 60.6 Å². The predicted molar refractivity (Wildman–Crippen MR) is 119 cm³/mol. The van der Waals surface area contributed by atoms with Crippen molar-refractivity contribution in [2.75, 3.05) is 16.8 Å². The summed E-state index contributed by atoms with van der Waals surface area (Å²) >= 11 is 0. The number of pyridine rings is 1. The van der Waals surface area contributed by atoms with Crippen LogP contribution in [-0.2, 0) is 9.84 Å². The van der Waals surface area contributed by atoms with Gasteiger partial charge in [-0.3, -0.25) is 15.2 Å². The molecule has 13 heteroatoms. The Kier molecular flexibility index (Phi) is 6.24. The minimum Gasteiger partial charge on any atom is -0.435 e. The van der Waals surface area contributed by atoms with E-state index in [-0.39, 0.29) is 45.5 Å². The number of nitrogens with one attached hydrogen (secondary N) is 3. The van der Waals surface area contributed by atoms with Crippen LogP contribution in [0.5, 0.6) is 5.75 Å². The molecule has 2 fully saturated rings. The van der Waals surface area contributed by atoms with E-state index in [0.29, 0.717) is 0 Å². The van der Waals surface area contributed by atoms with Gasteiger partial charge in [-0.2, -0.15) is 8.78 Å². The summed E-state index contributed by atoms with van der Waals surface area (Å²) < 4.78 is 79.3. The van der Waals surface area contributed by atoms with Crippen molar-refractivity contribution in [3.05, 3.63) is 53.3 Å². The van der Waals surface area contributed by atoms with Crippen molar-refractivity contribution in [1.29, 1.82) is 5.41 Å². The van der Waals surface area contributed by atoms with Crippen LogP contribution >= 0.6 is 0 Å². The van der Waals surface area contributed by atoms with E-state index in [1.165, 1.54) is 36.5 Å². The Balaban J connectivity index is 1.61. The number of carbonyl (C=O) groups is 1. The number of amides is 1. The van der Waals surface area contributed by atoms with Crippen LogP contribution in [0.15, 0.2) is 36.5 Å². The van der Waals surface area contributed by atoms with Crippen molar-refractivity contribution in [3.8, 4) is 5.75 Å². The van der Waals surface area contributed by atoms with E-state index in [0.717, 1.165) is 0 Å². The molecule has 188 valence electrons. The van der Waals surface area contributed by atoms with Crippen molar-refractivity contribution >= 4 is 27.1 Å². The number of nitrogens with zero attached hydrogens (tertiary/aromatic N) is 1. The van der Waals surface area contributed by atoms with Crippen molar-refractivity contribution < 1.29 is 35.5 Å². The Morgan fingerprint density at radius 3 is 2.49 bits per heavy atom. The molecule has 0 atom stereocenters. The van der Waals surface area contributed by atoms with Crippen molar-refractivity contribution in [2.45, 2.75) is 43.9 Å². The van der Waals surface area contributed by atoms with E-state index in [1.54, 1.807) is 6.92 Å². The second kappa shape index (κ2) is 8.77. The van der Waals surface area contributed by atoms with Gasteiger partial charge in [-0.1, -0.05) is 12.1 Å². The van der Waals surface area contributed by atoms with Crippen molar-refractivity contribution in [2.24, 2.45) is 0 Å². The number of alkyl halides is 4. The lowest BCUT2D eigenvalue weighted by molar-refractivity contribution is -0.0793. The zero-order chi connectivity index (χ0) is 25.6. The minimum absolute atomic E-state index is 0.0170. The molecule has 2 aliphatic rings. The second-order valence-electron chi connectivity index (χ2n) is 9.05. The average molecular weight is 515 g/mol. The van der Waals surface area contributed by atoms with Crippen molar-refractivity contribution in [3.63, 3.8) is 0 Å². The Morgan fingerprint density at radius 2 is 1.89 bits per heavy atom. The first-order valence-electron chi connectivity index (χ1n) is 10.6. The SMILES string of the molecule is CC1(NC(=O)c2cnc(C(=N)c3cccc(OC(F)F)c3)c(NC3CC(F)(F)C3)c2)CS(=O)(=O)C1. The molecular weight excluding hydrogens is 492 g/mol. The van der Waals surface area contributed by atoms with Gasteiger partial charge in [0.05, 0.1) is 34.0 Å². The lowest BCUT2D eigenvalue weighted by atomic mass is 9.88. The van der Waals surface area contributed by atoms with E-state index < -0.39 is 52.7 Å². The molecule has 2 aromatic rings. The van der Waals surface area contributed by atoms with E-state index in [2.05, 4.69) is 20.4 Å². The normalized spacial score (nSPS) is 19.8. The summed E-state index contributed by atoms with van der Waals surface area (Å²) in [7, 11) is -3.21. The molecule has 0 unspecified atom stereocenters. The molecule has 3 N–H and O–H groups in total. The van der Waals surface area contributed by atoms with E-state index in [4.69, 9.17) is 5.41 Å². The summed E-state index contributed by atoms with van der Waals surface area (Å²) in [6.07, 6.45) is 0.295. The minimum atomic E-state index is -3.21. The van der Waals surface area contributed by atoms with Gasteiger partial charge in [-0.05, 0) is 25.1 Å². The van der Waals surface area contributed by atoms with E-state index >= 15 is 0 Å². The molecule has 8 nitrogen and oxygen atoms in total. The first kappa shape index (κ1) is 24.9. The quantitative estimate of drug-likeness (QED) is 0.368. The van der Waals surface area contributed by atoms with Gasteiger partial charge in [0.2, 0.25) is 0 Å². The highest BCUT2D eigenvalue weighted by molar-refractivity contribution is 7.93. The number of halogens is 4. The highest BCUT2D eigenvalue weighted by Crippen LogP contribution is 2.39. The standard InChI is InChI=1S/C22H22F4N4O4S/c1-21(10-35(32,33)11-21)30-19(31)13-6-16(29-14-7-22(25,26)8-14)18(28-9-13)17(27)12-3-2-4-15(5-12)34-20(23)24/h2-6,9,14,20,27,29H,7-8,10-11H2,1H3,(H,30,31). The fraction of sp³-hybridized carbons (Fsp3) is 0.409. The summed E-state index contributed by atoms with van der Waals surface area (Å²) in [6.45, 7) is -1.46. The molecule has 0 radical (unpaired) electrons. The van der Waals surface area contributed by atoms with Crippen LogP contribution in [0, 0.1) is 5.41 Å². The maximum absolute atomic E-state index is 13.4. The molecule has 1 saturated carbocycles. The summed E-state index contributed by atoms with van der Waals surface area (Å²) in [6, 6.07) is 6.12. The molecule has 1 amide bonds. The largest absolute Gasteiger partial charge is 0.435 e. The fourth-order valence-electron chi connectivity index (χ4n) is 4.19. The molecule has 1 aromatic heterocycles. The van der Waals surface area contributed by atoms with Gasteiger partial charge in [0, 0.05) is 30.6 Å². The van der Waals surface area contributed by atoms with Gasteiger partial charge < -0.3 is 15.4 Å². The van der Waals surface area contributed by atoms with Crippen LogP contribution in [0.25, 0.3) is 0 Å². The van der Waals surface area contributed by atoms with Gasteiger partial charge in [0.25, 0.3) is 11.8 Å². The molecule has 1 aliphatic heterocycles. The first-order chi connectivity index (χ1) is 16.2. The Labute approximate surface area is 198 Å². The third-order valence-corrected chi connectivity index (χ3v) is 7.83. The summed E-state index contributed by atoms with van der Waals surface area (Å²) in [4.78, 5) is 16.9. The molecule has 1 aromatic carbocycles. The fourth-order valence-corrected chi connectivity index (χ4v) is 6.19. The van der Waals surface area contributed by atoms with Gasteiger partial charge in [-0.15, -0.1) is 0 Å². The van der Waals surface area contributed by atoms with E-state index in [9.17, 15) is 30.8 Å². The Hall–Kier alpha value is -3.22. The number of hydrogen-bond donors (Lipinski definition) is 3. The molecular formula is C22H22F4N4O4S. The second-order valence-corrected chi connectivity index (χ2v) is 11.1. The van der Waals surface area contributed by atoms with Crippen LogP contribution in [0.3, 0.4) is 0 Å². The lowest BCUT2D eigenvalue weighted by Gasteiger charge is -2.38. The van der Waals surface area contributed by atoms with Crippen LogP contribution in [0.2, 0.25) is 0 Å². The summed E-state index contributed by atoms with van der Waals surface area (Å²) in [5.41, 5.74) is -0.770. The Bertz CT molecular complexity index is 1270. The highest BCUT2D eigenvalue weighted by Gasteiger charge is 2.47. The molecule has 4 rings (SSSR count). The highest BCUT2D eigenvalue weighted by atomic mass is 32.2. The molecule has 0 bridgehead atoms. The summed E-state index contributed by atoms with van der Waals surface area (Å²) in [5, 5.41) is 14.1. The van der Waals surface area contributed by atoms with Gasteiger partial charge >= 0.3 is 6.61 Å². The molecule has 35 heavy (non-hydrogen) atoms. The number of rotatable bonds is 8. The van der Waals surface area contributed by atoms with Crippen molar-refractivity contribution in [1.82, 2.24) is 10.3 Å². The van der Waals surface area contributed by atoms with E-state index in [1.807, 2.05) is 0 Å². The number of sulfone groups is 1.